The Hall–Kier alpha value is -2.18. The summed E-state index contributed by atoms with van der Waals surface area (Å²) in [4.78, 5) is 17.1. The van der Waals surface area contributed by atoms with Gasteiger partial charge in [-0.15, -0.1) is 0 Å². The zero-order valence-corrected chi connectivity index (χ0v) is 14.7. The molecule has 1 heterocycles. The Morgan fingerprint density at radius 3 is 2.65 bits per heavy atom. The van der Waals surface area contributed by atoms with E-state index >= 15 is 0 Å². The van der Waals surface area contributed by atoms with E-state index in [1.165, 1.54) is 0 Å². The van der Waals surface area contributed by atoms with Crippen LogP contribution in [0.5, 0.6) is 0 Å². The minimum Gasteiger partial charge on any atom is -0.393 e. The van der Waals surface area contributed by atoms with Gasteiger partial charge in [0.15, 0.2) is 0 Å². The van der Waals surface area contributed by atoms with Crippen LogP contribution in [0.1, 0.15) is 31.2 Å². The van der Waals surface area contributed by atoms with Crippen LogP contribution in [0.15, 0.2) is 49.1 Å². The quantitative estimate of drug-likeness (QED) is 0.753. The lowest BCUT2D eigenvalue weighted by Crippen LogP contribution is -2.57. The standard InChI is InChI=1S/C20H25N3O3/c24-16-10-20(11-16,15-4-2-1-3-5-15)19(26)22-17-8-14(9-18(17)25)12-23-7-6-21-13-23/h1-7,13-14,16-18,24-25H,8-12H2,(H,22,26)/t14?,16?,17-,18-,20?/m1/s1. The molecule has 2 aromatic rings. The van der Waals surface area contributed by atoms with Gasteiger partial charge in [0.2, 0.25) is 5.91 Å². The fraction of sp³-hybridized carbons (Fsp3) is 0.500. The van der Waals surface area contributed by atoms with Gasteiger partial charge in [0.1, 0.15) is 0 Å². The van der Waals surface area contributed by atoms with Gasteiger partial charge in [-0.25, -0.2) is 4.98 Å². The van der Waals surface area contributed by atoms with Gasteiger partial charge in [0.25, 0.3) is 0 Å². The van der Waals surface area contributed by atoms with Crippen molar-refractivity contribution in [3.05, 3.63) is 54.6 Å². The van der Waals surface area contributed by atoms with Crippen molar-refractivity contribution in [3.8, 4) is 0 Å². The van der Waals surface area contributed by atoms with E-state index in [1.54, 1.807) is 12.5 Å². The zero-order valence-electron chi connectivity index (χ0n) is 14.7. The summed E-state index contributed by atoms with van der Waals surface area (Å²) in [6, 6.07) is 9.40. The maximum Gasteiger partial charge on any atom is 0.231 e. The van der Waals surface area contributed by atoms with E-state index in [1.807, 2.05) is 41.1 Å². The highest BCUT2D eigenvalue weighted by molar-refractivity contribution is 5.90. The molecule has 0 saturated heterocycles. The maximum atomic E-state index is 13.1. The van der Waals surface area contributed by atoms with Gasteiger partial charge >= 0.3 is 0 Å². The number of nitrogens with one attached hydrogen (secondary N) is 1. The number of amides is 1. The number of nitrogens with zero attached hydrogens (tertiary/aromatic N) is 2. The minimum atomic E-state index is -0.678. The molecule has 2 aliphatic rings. The minimum absolute atomic E-state index is 0.0821. The second-order valence-electron chi connectivity index (χ2n) is 7.75. The van der Waals surface area contributed by atoms with Gasteiger partial charge in [-0.2, -0.15) is 0 Å². The van der Waals surface area contributed by atoms with Gasteiger partial charge in [0, 0.05) is 18.9 Å². The molecule has 138 valence electrons. The zero-order chi connectivity index (χ0) is 18.1. The van der Waals surface area contributed by atoms with E-state index < -0.39 is 17.6 Å². The third kappa shape index (κ3) is 3.15. The highest BCUT2D eigenvalue weighted by Gasteiger charge is 2.51. The molecule has 0 radical (unpaired) electrons. The highest BCUT2D eigenvalue weighted by atomic mass is 16.3. The number of hydrogen-bond donors (Lipinski definition) is 3. The Balaban J connectivity index is 1.43. The average Bonchev–Trinajstić information content (AvgIpc) is 3.23. The number of rotatable bonds is 5. The van der Waals surface area contributed by atoms with E-state index in [2.05, 4.69) is 10.3 Å². The fourth-order valence-electron chi connectivity index (χ4n) is 4.48. The number of imidazole rings is 1. The summed E-state index contributed by atoms with van der Waals surface area (Å²) < 4.78 is 2.01. The van der Waals surface area contributed by atoms with Crippen molar-refractivity contribution < 1.29 is 15.0 Å². The number of carbonyl (C=O) groups excluding carboxylic acids is 1. The summed E-state index contributed by atoms with van der Waals surface area (Å²) in [5.74, 6) is 0.227. The lowest BCUT2D eigenvalue weighted by molar-refractivity contribution is -0.136. The molecule has 26 heavy (non-hydrogen) atoms. The summed E-state index contributed by atoms with van der Waals surface area (Å²) in [6.07, 6.45) is 6.75. The molecule has 3 atom stereocenters. The first-order valence-electron chi connectivity index (χ1n) is 9.25. The van der Waals surface area contributed by atoms with Crippen LogP contribution >= 0.6 is 0 Å². The highest BCUT2D eigenvalue weighted by Crippen LogP contribution is 2.44. The number of aromatic nitrogens is 2. The van der Waals surface area contributed by atoms with Gasteiger partial charge in [-0.3, -0.25) is 4.79 Å². The monoisotopic (exact) mass is 355 g/mol. The third-order valence-corrected chi connectivity index (χ3v) is 5.90. The van der Waals surface area contributed by atoms with E-state index in [-0.39, 0.29) is 11.9 Å². The molecule has 0 bridgehead atoms. The first-order valence-corrected chi connectivity index (χ1v) is 9.25. The second kappa shape index (κ2) is 6.85. The first kappa shape index (κ1) is 17.2. The Bertz CT molecular complexity index is 741. The number of aliphatic hydroxyl groups excluding tert-OH is 2. The van der Waals surface area contributed by atoms with Crippen molar-refractivity contribution in [2.45, 2.75) is 55.9 Å². The number of aliphatic hydroxyl groups is 2. The molecular formula is C20H25N3O3. The van der Waals surface area contributed by atoms with Crippen LogP contribution in [0.25, 0.3) is 0 Å². The van der Waals surface area contributed by atoms with Crippen molar-refractivity contribution in [2.24, 2.45) is 5.92 Å². The molecule has 2 fully saturated rings. The van der Waals surface area contributed by atoms with Gasteiger partial charge in [0.05, 0.1) is 30.0 Å². The Morgan fingerprint density at radius 2 is 2.00 bits per heavy atom. The molecule has 0 spiro atoms. The van der Waals surface area contributed by atoms with Crippen LogP contribution in [0.2, 0.25) is 0 Å². The van der Waals surface area contributed by atoms with Gasteiger partial charge in [-0.1, -0.05) is 30.3 Å². The lowest BCUT2D eigenvalue weighted by Gasteiger charge is -2.45. The summed E-state index contributed by atoms with van der Waals surface area (Å²) in [5.41, 5.74) is 0.258. The smallest absolute Gasteiger partial charge is 0.231 e. The molecule has 0 aliphatic heterocycles. The van der Waals surface area contributed by atoms with Crippen LogP contribution in [0.4, 0.5) is 0 Å². The van der Waals surface area contributed by atoms with E-state index in [4.69, 9.17) is 0 Å². The Morgan fingerprint density at radius 1 is 1.23 bits per heavy atom. The van der Waals surface area contributed by atoms with Crippen LogP contribution < -0.4 is 5.32 Å². The van der Waals surface area contributed by atoms with Crippen molar-refractivity contribution >= 4 is 5.91 Å². The van der Waals surface area contributed by atoms with Crippen molar-refractivity contribution in [1.29, 1.82) is 0 Å². The van der Waals surface area contributed by atoms with Crippen LogP contribution in [0.3, 0.4) is 0 Å². The fourth-order valence-corrected chi connectivity index (χ4v) is 4.48. The van der Waals surface area contributed by atoms with Crippen molar-refractivity contribution in [1.82, 2.24) is 14.9 Å². The Labute approximate surface area is 152 Å². The van der Waals surface area contributed by atoms with Crippen LogP contribution in [-0.4, -0.2) is 43.9 Å². The largest absolute Gasteiger partial charge is 0.393 e. The summed E-state index contributed by atoms with van der Waals surface area (Å²) in [6.45, 7) is 0.798. The third-order valence-electron chi connectivity index (χ3n) is 5.90. The van der Waals surface area contributed by atoms with Crippen LogP contribution in [0, 0.1) is 5.92 Å². The number of hydrogen-bond acceptors (Lipinski definition) is 4. The van der Waals surface area contributed by atoms with Crippen LogP contribution in [-0.2, 0) is 16.8 Å². The summed E-state index contributed by atoms with van der Waals surface area (Å²) in [7, 11) is 0. The molecule has 4 rings (SSSR count). The Kier molecular flexibility index (Phi) is 4.54. The van der Waals surface area contributed by atoms with Crippen molar-refractivity contribution in [2.75, 3.05) is 0 Å². The van der Waals surface area contributed by atoms with Gasteiger partial charge < -0.3 is 20.1 Å². The number of carbonyl (C=O) groups is 1. The molecule has 1 aromatic heterocycles. The van der Waals surface area contributed by atoms with Gasteiger partial charge in [-0.05, 0) is 37.2 Å². The van der Waals surface area contributed by atoms with Crippen molar-refractivity contribution in [3.63, 3.8) is 0 Å². The molecule has 1 unspecified atom stereocenters. The molecule has 2 aliphatic carbocycles. The maximum absolute atomic E-state index is 13.1. The normalized spacial score (nSPS) is 33.6. The number of benzene rings is 1. The van der Waals surface area contributed by atoms with E-state index in [9.17, 15) is 15.0 Å². The molecule has 1 amide bonds. The second-order valence-corrected chi connectivity index (χ2v) is 7.75. The molecule has 2 saturated carbocycles. The molecular weight excluding hydrogens is 330 g/mol. The molecule has 6 nitrogen and oxygen atoms in total. The van der Waals surface area contributed by atoms with E-state index in [0.29, 0.717) is 25.2 Å². The predicted octanol–water partition coefficient (Wildman–Crippen LogP) is 1.23. The molecule has 6 heteroatoms. The predicted molar refractivity (Wildman–Crippen MR) is 96.2 cm³/mol. The SMILES string of the molecule is O=C(N[C@@H]1CC(Cn2ccnc2)C[C@H]1O)C1(c2ccccc2)CC(O)C1. The lowest BCUT2D eigenvalue weighted by atomic mass is 9.62. The summed E-state index contributed by atoms with van der Waals surface area (Å²) >= 11 is 0. The average molecular weight is 355 g/mol. The first-order chi connectivity index (χ1) is 12.6. The topological polar surface area (TPSA) is 87.4 Å². The molecule has 3 N–H and O–H groups in total. The van der Waals surface area contributed by atoms with E-state index in [0.717, 1.165) is 18.5 Å². The summed E-state index contributed by atoms with van der Waals surface area (Å²) in [5, 5.41) is 23.4. The molecule has 1 aromatic carbocycles.